The van der Waals surface area contributed by atoms with E-state index in [1.165, 1.54) is 75.7 Å². The molecule has 2 heterocycles. The summed E-state index contributed by atoms with van der Waals surface area (Å²) in [4.78, 5) is 2.80. The van der Waals surface area contributed by atoms with Gasteiger partial charge in [-0.05, 0) is 52.6 Å². The Labute approximate surface area is 152 Å². The standard InChI is InChI=1S/C20H36N4O/c1-17-19(18(2)24(22-17)13-14-25)15-21-16-20(9-5-3-6-10-20)23-11-7-4-8-12-23/h21,25H,3-16H2,1-2H3. The summed E-state index contributed by atoms with van der Waals surface area (Å²) >= 11 is 0. The zero-order valence-corrected chi connectivity index (χ0v) is 16.2. The molecule has 1 saturated heterocycles. The number of hydrogen-bond acceptors (Lipinski definition) is 4. The average molecular weight is 349 g/mol. The summed E-state index contributed by atoms with van der Waals surface area (Å²) in [6, 6.07) is 0. The number of nitrogens with one attached hydrogen (secondary N) is 1. The maximum Gasteiger partial charge on any atom is 0.0644 e. The second-order valence-corrected chi connectivity index (χ2v) is 8.03. The van der Waals surface area contributed by atoms with Crippen molar-refractivity contribution in [1.82, 2.24) is 20.0 Å². The molecule has 5 nitrogen and oxygen atoms in total. The minimum absolute atomic E-state index is 0.146. The van der Waals surface area contributed by atoms with Crippen LogP contribution in [0.25, 0.3) is 0 Å². The highest BCUT2D eigenvalue weighted by Crippen LogP contribution is 2.35. The van der Waals surface area contributed by atoms with Crippen molar-refractivity contribution < 1.29 is 5.11 Å². The molecule has 1 aliphatic heterocycles. The van der Waals surface area contributed by atoms with Crippen molar-refractivity contribution in [2.45, 2.75) is 83.8 Å². The molecule has 3 rings (SSSR count). The molecule has 1 aromatic rings. The van der Waals surface area contributed by atoms with Crippen LogP contribution in [0.15, 0.2) is 0 Å². The third-order valence-corrected chi connectivity index (χ3v) is 6.41. The molecule has 142 valence electrons. The number of rotatable bonds is 7. The van der Waals surface area contributed by atoms with E-state index in [0.717, 1.165) is 18.8 Å². The van der Waals surface area contributed by atoms with Gasteiger partial charge in [0.15, 0.2) is 0 Å². The largest absolute Gasteiger partial charge is 0.394 e. The van der Waals surface area contributed by atoms with Crippen molar-refractivity contribution in [1.29, 1.82) is 0 Å². The second-order valence-electron chi connectivity index (χ2n) is 8.03. The van der Waals surface area contributed by atoms with E-state index in [2.05, 4.69) is 29.2 Å². The minimum atomic E-state index is 0.146. The second kappa shape index (κ2) is 8.65. The molecule has 2 fully saturated rings. The van der Waals surface area contributed by atoms with Crippen LogP contribution in [0.4, 0.5) is 0 Å². The fraction of sp³-hybridized carbons (Fsp3) is 0.850. The van der Waals surface area contributed by atoms with Gasteiger partial charge in [0.05, 0.1) is 18.8 Å². The number of aromatic nitrogens is 2. The molecule has 1 saturated carbocycles. The number of aryl methyl sites for hydroxylation is 1. The van der Waals surface area contributed by atoms with Crippen LogP contribution in [-0.2, 0) is 13.1 Å². The Kier molecular flexibility index (Phi) is 6.53. The molecule has 0 aromatic carbocycles. The number of hydrogen-bond donors (Lipinski definition) is 2. The van der Waals surface area contributed by atoms with Crippen molar-refractivity contribution >= 4 is 0 Å². The first kappa shape index (κ1) is 18.9. The Morgan fingerprint density at radius 2 is 1.72 bits per heavy atom. The van der Waals surface area contributed by atoms with E-state index in [-0.39, 0.29) is 6.61 Å². The van der Waals surface area contributed by atoms with Gasteiger partial charge in [-0.25, -0.2) is 0 Å². The average Bonchev–Trinajstić information content (AvgIpc) is 2.91. The van der Waals surface area contributed by atoms with Gasteiger partial charge in [0.25, 0.3) is 0 Å². The molecule has 1 aliphatic carbocycles. The van der Waals surface area contributed by atoms with Crippen molar-refractivity contribution in [2.24, 2.45) is 0 Å². The fourth-order valence-electron chi connectivity index (χ4n) is 4.91. The molecule has 0 bridgehead atoms. The first-order valence-electron chi connectivity index (χ1n) is 10.3. The summed E-state index contributed by atoms with van der Waals surface area (Å²) < 4.78 is 1.94. The zero-order valence-electron chi connectivity index (χ0n) is 16.2. The Morgan fingerprint density at radius 1 is 1.04 bits per heavy atom. The maximum atomic E-state index is 9.19. The van der Waals surface area contributed by atoms with Crippen molar-refractivity contribution in [3.8, 4) is 0 Å². The summed E-state index contributed by atoms with van der Waals surface area (Å²) in [6.45, 7) is 9.49. The van der Waals surface area contributed by atoms with Crippen molar-refractivity contribution in [3.05, 3.63) is 17.0 Å². The molecule has 1 aromatic heterocycles. The van der Waals surface area contributed by atoms with Gasteiger partial charge in [0, 0.05) is 29.9 Å². The molecule has 0 atom stereocenters. The number of piperidine rings is 1. The van der Waals surface area contributed by atoms with Crippen molar-refractivity contribution in [2.75, 3.05) is 26.2 Å². The summed E-state index contributed by atoms with van der Waals surface area (Å²) in [5.74, 6) is 0. The minimum Gasteiger partial charge on any atom is -0.394 e. The zero-order chi connectivity index (χ0) is 17.7. The molecule has 0 radical (unpaired) electrons. The topological polar surface area (TPSA) is 53.3 Å². The van der Waals surface area contributed by atoms with E-state index in [4.69, 9.17) is 0 Å². The Bertz CT molecular complexity index is 542. The normalized spacial score (nSPS) is 21.6. The number of nitrogens with zero attached hydrogens (tertiary/aromatic N) is 3. The molecule has 0 spiro atoms. The SMILES string of the molecule is Cc1nn(CCO)c(C)c1CNCC1(N2CCCCC2)CCCCC1. The molecular weight excluding hydrogens is 312 g/mol. The first-order chi connectivity index (χ1) is 12.2. The summed E-state index contributed by atoms with van der Waals surface area (Å²) in [5.41, 5.74) is 3.96. The van der Waals surface area contributed by atoms with Gasteiger partial charge in [0.1, 0.15) is 0 Å². The molecule has 0 amide bonds. The molecule has 2 N–H and O–H groups in total. The van der Waals surface area contributed by atoms with Gasteiger partial charge in [-0.2, -0.15) is 5.10 Å². The smallest absolute Gasteiger partial charge is 0.0644 e. The van der Waals surface area contributed by atoms with Crippen LogP contribution < -0.4 is 5.32 Å². The Hall–Kier alpha value is -0.910. The van der Waals surface area contributed by atoms with Gasteiger partial charge < -0.3 is 10.4 Å². The van der Waals surface area contributed by atoms with Gasteiger partial charge >= 0.3 is 0 Å². The van der Waals surface area contributed by atoms with Gasteiger partial charge in [-0.1, -0.05) is 25.7 Å². The first-order valence-corrected chi connectivity index (χ1v) is 10.3. The van der Waals surface area contributed by atoms with E-state index >= 15 is 0 Å². The van der Waals surface area contributed by atoms with Gasteiger partial charge in [-0.15, -0.1) is 0 Å². The summed E-state index contributed by atoms with van der Waals surface area (Å²) in [6.07, 6.45) is 11.0. The van der Waals surface area contributed by atoms with Crippen LogP contribution >= 0.6 is 0 Å². The molecule has 0 unspecified atom stereocenters. The predicted molar refractivity (Wildman–Crippen MR) is 102 cm³/mol. The van der Waals surface area contributed by atoms with Crippen LogP contribution in [0.1, 0.15) is 68.3 Å². The molecule has 25 heavy (non-hydrogen) atoms. The third-order valence-electron chi connectivity index (χ3n) is 6.41. The Morgan fingerprint density at radius 3 is 2.40 bits per heavy atom. The number of likely N-dealkylation sites (tertiary alicyclic amines) is 1. The van der Waals surface area contributed by atoms with Crippen LogP contribution in [0, 0.1) is 13.8 Å². The van der Waals surface area contributed by atoms with Gasteiger partial charge in [-0.3, -0.25) is 9.58 Å². The Balaban J connectivity index is 1.64. The summed E-state index contributed by atoms with van der Waals surface area (Å²) in [5, 5.41) is 17.6. The number of aliphatic hydroxyl groups excluding tert-OH is 1. The predicted octanol–water partition coefficient (Wildman–Crippen LogP) is 2.77. The van der Waals surface area contributed by atoms with E-state index in [9.17, 15) is 5.11 Å². The van der Waals surface area contributed by atoms with Crippen LogP contribution in [0.2, 0.25) is 0 Å². The lowest BCUT2D eigenvalue weighted by molar-refractivity contribution is 0.0333. The fourth-order valence-corrected chi connectivity index (χ4v) is 4.91. The van der Waals surface area contributed by atoms with Crippen LogP contribution in [0.3, 0.4) is 0 Å². The highest BCUT2D eigenvalue weighted by molar-refractivity contribution is 5.24. The van der Waals surface area contributed by atoms with Crippen molar-refractivity contribution in [3.63, 3.8) is 0 Å². The highest BCUT2D eigenvalue weighted by atomic mass is 16.3. The van der Waals surface area contributed by atoms with E-state index in [1.807, 2.05) is 4.68 Å². The number of aliphatic hydroxyl groups is 1. The molecule has 2 aliphatic rings. The van der Waals surface area contributed by atoms with E-state index in [0.29, 0.717) is 12.1 Å². The lowest BCUT2D eigenvalue weighted by Gasteiger charge is -2.48. The lowest BCUT2D eigenvalue weighted by Crippen LogP contribution is -2.57. The molecular formula is C20H36N4O. The van der Waals surface area contributed by atoms with Gasteiger partial charge in [0.2, 0.25) is 0 Å². The summed E-state index contributed by atoms with van der Waals surface area (Å²) in [7, 11) is 0. The van der Waals surface area contributed by atoms with E-state index in [1.54, 1.807) is 0 Å². The highest BCUT2D eigenvalue weighted by Gasteiger charge is 2.37. The quantitative estimate of drug-likeness (QED) is 0.796. The van der Waals surface area contributed by atoms with Crippen LogP contribution in [0.5, 0.6) is 0 Å². The third kappa shape index (κ3) is 4.26. The monoisotopic (exact) mass is 348 g/mol. The van der Waals surface area contributed by atoms with E-state index < -0.39 is 0 Å². The van der Waals surface area contributed by atoms with Crippen LogP contribution in [-0.4, -0.2) is 51.6 Å². The molecule has 5 heteroatoms. The maximum absolute atomic E-state index is 9.19. The lowest BCUT2D eigenvalue weighted by atomic mass is 9.79.